The van der Waals surface area contributed by atoms with Crippen LogP contribution in [0.1, 0.15) is 0 Å². The van der Waals surface area contributed by atoms with Crippen molar-refractivity contribution in [3.8, 4) is 5.75 Å². The number of anilines is 1. The van der Waals surface area contributed by atoms with E-state index in [0.29, 0.717) is 5.75 Å². The van der Waals surface area contributed by atoms with Gasteiger partial charge in [0.05, 0.1) is 26.0 Å². The van der Waals surface area contributed by atoms with E-state index < -0.39 is 17.8 Å². The Morgan fingerprint density at radius 2 is 1.80 bits per heavy atom. The maximum absolute atomic E-state index is 12.7. The Morgan fingerprint density at radius 3 is 2.40 bits per heavy atom. The number of aliphatic hydroxyl groups excluding tert-OH is 2. The fourth-order valence-electron chi connectivity index (χ4n) is 2.36. The maximum atomic E-state index is 12.7. The maximum Gasteiger partial charge on any atom is 0.336 e. The Labute approximate surface area is 144 Å². The SMILES string of the molecule is COc1ccccc1N1C(=O)NC(=O)/C(=C\N(CCO)CCO)C1=O. The van der Waals surface area contributed by atoms with Crippen LogP contribution in [-0.4, -0.2) is 66.4 Å². The summed E-state index contributed by atoms with van der Waals surface area (Å²) in [6.45, 7) is -0.218. The Morgan fingerprint density at radius 1 is 1.16 bits per heavy atom. The summed E-state index contributed by atoms with van der Waals surface area (Å²) in [6, 6.07) is 5.53. The van der Waals surface area contributed by atoms with E-state index in [2.05, 4.69) is 5.32 Å². The standard InChI is InChI=1S/C16H19N3O6/c1-25-13-5-3-2-4-12(13)19-15(23)11(14(22)17-16(19)24)10-18(6-8-20)7-9-21/h2-5,10,20-21H,6-9H2,1H3,(H,17,22,24)/b11-10+. The number of carbonyl (C=O) groups excluding carboxylic acids is 3. The number of hydrogen-bond donors (Lipinski definition) is 3. The minimum atomic E-state index is -0.882. The van der Waals surface area contributed by atoms with Crippen LogP contribution in [0.2, 0.25) is 0 Å². The van der Waals surface area contributed by atoms with Gasteiger partial charge in [-0.3, -0.25) is 14.9 Å². The Balaban J connectivity index is 2.42. The fraction of sp³-hybridized carbons (Fsp3) is 0.312. The molecule has 1 heterocycles. The zero-order chi connectivity index (χ0) is 18.4. The number of nitrogens with one attached hydrogen (secondary N) is 1. The first-order valence-corrected chi connectivity index (χ1v) is 7.53. The van der Waals surface area contributed by atoms with E-state index in [1.165, 1.54) is 24.3 Å². The van der Waals surface area contributed by atoms with Gasteiger partial charge in [-0.05, 0) is 12.1 Å². The molecule has 1 aliphatic heterocycles. The van der Waals surface area contributed by atoms with Crippen LogP contribution in [0.3, 0.4) is 0 Å². The van der Waals surface area contributed by atoms with Crippen molar-refractivity contribution in [1.29, 1.82) is 0 Å². The summed E-state index contributed by atoms with van der Waals surface area (Å²) in [5.74, 6) is -1.37. The van der Waals surface area contributed by atoms with Gasteiger partial charge < -0.3 is 19.8 Å². The molecule has 0 saturated carbocycles. The number of benzene rings is 1. The monoisotopic (exact) mass is 349 g/mol. The van der Waals surface area contributed by atoms with Crippen molar-refractivity contribution in [3.05, 3.63) is 36.0 Å². The predicted molar refractivity (Wildman–Crippen MR) is 87.8 cm³/mol. The topological polar surface area (TPSA) is 119 Å². The van der Waals surface area contributed by atoms with Gasteiger partial charge in [-0.25, -0.2) is 9.69 Å². The molecule has 1 aliphatic rings. The number of ether oxygens (including phenoxy) is 1. The molecule has 134 valence electrons. The van der Waals surface area contributed by atoms with E-state index in [0.717, 1.165) is 4.90 Å². The summed E-state index contributed by atoms with van der Waals surface area (Å²) in [7, 11) is 1.40. The average Bonchev–Trinajstić information content (AvgIpc) is 2.59. The van der Waals surface area contributed by atoms with Crippen molar-refractivity contribution >= 4 is 23.5 Å². The highest BCUT2D eigenvalue weighted by Crippen LogP contribution is 2.30. The normalized spacial score (nSPS) is 16.2. The lowest BCUT2D eigenvalue weighted by Crippen LogP contribution is -2.55. The number of rotatable bonds is 7. The minimum Gasteiger partial charge on any atom is -0.495 e. The number of urea groups is 1. The summed E-state index contributed by atoms with van der Waals surface area (Å²) in [4.78, 5) is 39.2. The number of hydrogen-bond acceptors (Lipinski definition) is 7. The van der Waals surface area contributed by atoms with Crippen LogP contribution in [0.5, 0.6) is 5.75 Å². The third-order valence-corrected chi connectivity index (χ3v) is 3.51. The fourth-order valence-corrected chi connectivity index (χ4v) is 2.36. The summed E-state index contributed by atoms with van der Waals surface area (Å²) >= 11 is 0. The average molecular weight is 349 g/mol. The number of barbiturate groups is 1. The molecule has 0 unspecified atom stereocenters. The first-order valence-electron chi connectivity index (χ1n) is 7.53. The van der Waals surface area contributed by atoms with Gasteiger partial charge in [-0.2, -0.15) is 0 Å². The van der Waals surface area contributed by atoms with Crippen molar-refractivity contribution in [2.75, 3.05) is 38.3 Å². The van der Waals surface area contributed by atoms with Crippen LogP contribution < -0.4 is 15.0 Å². The second-order valence-electron chi connectivity index (χ2n) is 5.10. The molecular formula is C16H19N3O6. The van der Waals surface area contributed by atoms with Gasteiger partial charge in [0.1, 0.15) is 11.3 Å². The van der Waals surface area contributed by atoms with Gasteiger partial charge in [-0.1, -0.05) is 12.1 Å². The van der Waals surface area contributed by atoms with Crippen LogP contribution >= 0.6 is 0 Å². The number of nitrogens with zero attached hydrogens (tertiary/aromatic N) is 2. The van der Waals surface area contributed by atoms with E-state index in [-0.39, 0.29) is 37.6 Å². The Bertz CT molecular complexity index is 697. The molecule has 4 amide bonds. The molecule has 0 atom stereocenters. The van der Waals surface area contributed by atoms with Crippen molar-refractivity contribution in [2.24, 2.45) is 0 Å². The van der Waals surface area contributed by atoms with E-state index in [1.807, 2.05) is 0 Å². The van der Waals surface area contributed by atoms with Gasteiger partial charge in [0.2, 0.25) is 0 Å². The van der Waals surface area contributed by atoms with Crippen molar-refractivity contribution in [2.45, 2.75) is 0 Å². The number of methoxy groups -OCH3 is 1. The Hall–Kier alpha value is -2.91. The van der Waals surface area contributed by atoms with Crippen LogP contribution in [-0.2, 0) is 9.59 Å². The summed E-state index contributed by atoms with van der Waals surface area (Å²) in [5, 5.41) is 20.2. The second-order valence-corrected chi connectivity index (χ2v) is 5.10. The lowest BCUT2D eigenvalue weighted by atomic mass is 10.1. The lowest BCUT2D eigenvalue weighted by Gasteiger charge is -2.28. The molecule has 1 aromatic rings. The zero-order valence-corrected chi connectivity index (χ0v) is 13.6. The number of imide groups is 2. The van der Waals surface area contributed by atoms with Crippen LogP contribution in [0.4, 0.5) is 10.5 Å². The largest absolute Gasteiger partial charge is 0.495 e. The molecule has 1 saturated heterocycles. The third-order valence-electron chi connectivity index (χ3n) is 3.51. The smallest absolute Gasteiger partial charge is 0.336 e. The van der Waals surface area contributed by atoms with Gasteiger partial charge in [0.25, 0.3) is 11.8 Å². The van der Waals surface area contributed by atoms with Crippen molar-refractivity contribution in [3.63, 3.8) is 0 Å². The third kappa shape index (κ3) is 3.95. The summed E-state index contributed by atoms with van der Waals surface area (Å²) < 4.78 is 5.16. The second kappa shape index (κ2) is 8.27. The van der Waals surface area contributed by atoms with Gasteiger partial charge in [0, 0.05) is 19.3 Å². The first-order chi connectivity index (χ1) is 12.0. The molecule has 0 radical (unpaired) electrons. The van der Waals surface area contributed by atoms with Crippen LogP contribution in [0.25, 0.3) is 0 Å². The lowest BCUT2D eigenvalue weighted by molar-refractivity contribution is -0.122. The molecule has 0 spiro atoms. The number of para-hydroxylation sites is 2. The molecule has 25 heavy (non-hydrogen) atoms. The first kappa shape index (κ1) is 18.4. The minimum absolute atomic E-state index is 0.118. The highest BCUT2D eigenvalue weighted by molar-refractivity contribution is 6.37. The zero-order valence-electron chi connectivity index (χ0n) is 13.6. The molecule has 0 aliphatic carbocycles. The molecule has 1 aromatic carbocycles. The summed E-state index contributed by atoms with van der Waals surface area (Å²) in [6.07, 6.45) is 1.22. The molecule has 3 N–H and O–H groups in total. The number of amides is 4. The van der Waals surface area contributed by atoms with Gasteiger partial charge >= 0.3 is 6.03 Å². The molecule has 9 heteroatoms. The van der Waals surface area contributed by atoms with Gasteiger partial charge in [0.15, 0.2) is 0 Å². The number of aliphatic hydroxyl groups is 2. The number of carbonyl (C=O) groups is 3. The highest BCUT2D eigenvalue weighted by atomic mass is 16.5. The van der Waals surface area contributed by atoms with E-state index >= 15 is 0 Å². The quantitative estimate of drug-likeness (QED) is 0.446. The predicted octanol–water partition coefficient (Wildman–Crippen LogP) is -0.552. The molecule has 9 nitrogen and oxygen atoms in total. The Kier molecular flexibility index (Phi) is 6.09. The molecule has 1 fully saturated rings. The molecule has 2 rings (SSSR count). The van der Waals surface area contributed by atoms with Gasteiger partial charge in [-0.15, -0.1) is 0 Å². The highest BCUT2D eigenvalue weighted by Gasteiger charge is 2.38. The van der Waals surface area contributed by atoms with E-state index in [9.17, 15) is 14.4 Å². The molecular weight excluding hydrogens is 330 g/mol. The molecule has 0 aromatic heterocycles. The summed E-state index contributed by atoms with van der Waals surface area (Å²) in [5.41, 5.74) is -0.0887. The van der Waals surface area contributed by atoms with Crippen LogP contribution in [0, 0.1) is 0 Å². The molecule has 0 bridgehead atoms. The van der Waals surface area contributed by atoms with Crippen LogP contribution in [0.15, 0.2) is 36.0 Å². The van der Waals surface area contributed by atoms with E-state index in [1.54, 1.807) is 18.2 Å². The van der Waals surface area contributed by atoms with Crippen molar-refractivity contribution in [1.82, 2.24) is 10.2 Å². The van der Waals surface area contributed by atoms with E-state index in [4.69, 9.17) is 14.9 Å². The van der Waals surface area contributed by atoms with Crippen molar-refractivity contribution < 1.29 is 29.3 Å².